The Hall–Kier alpha value is -5.24. The van der Waals surface area contributed by atoms with Gasteiger partial charge in [-0.1, -0.05) is 97.1 Å². The molecule has 4 aromatic carbocycles. The lowest BCUT2D eigenvalue weighted by molar-refractivity contribution is -0.123. The number of carbonyl (C=O) groups is 4. The molecule has 0 aromatic heterocycles. The molecule has 4 amide bonds. The second kappa shape index (κ2) is 16.4. The maximum Gasteiger partial charge on any atom is 0.251 e. The Morgan fingerprint density at radius 2 is 0.909 bits per heavy atom. The van der Waals surface area contributed by atoms with Crippen molar-refractivity contribution in [2.75, 3.05) is 6.54 Å². The maximum atomic E-state index is 13.3. The Morgan fingerprint density at radius 3 is 1.34 bits per heavy atom. The summed E-state index contributed by atoms with van der Waals surface area (Å²) in [5.74, 6) is -1.28. The Kier molecular flexibility index (Phi) is 11.8. The number of amides is 4. The molecular formula is C36H38N4O4. The van der Waals surface area contributed by atoms with Crippen LogP contribution in [-0.2, 0) is 22.4 Å². The Labute approximate surface area is 258 Å². The van der Waals surface area contributed by atoms with E-state index in [1.165, 1.54) is 0 Å². The molecule has 4 N–H and O–H groups in total. The minimum Gasteiger partial charge on any atom is -0.354 e. The van der Waals surface area contributed by atoms with Gasteiger partial charge in [0.1, 0.15) is 12.1 Å². The molecule has 0 aliphatic rings. The average Bonchev–Trinajstić information content (AvgIpc) is 3.05. The topological polar surface area (TPSA) is 116 Å². The summed E-state index contributed by atoms with van der Waals surface area (Å²) in [5, 5.41) is 11.6. The number of nitrogens with one attached hydrogen (secondary N) is 4. The van der Waals surface area contributed by atoms with E-state index >= 15 is 0 Å². The van der Waals surface area contributed by atoms with Crippen LogP contribution in [0.15, 0.2) is 121 Å². The minimum absolute atomic E-state index is 0.284. The van der Waals surface area contributed by atoms with Crippen LogP contribution in [0.1, 0.15) is 45.2 Å². The predicted octanol–water partition coefficient (Wildman–Crippen LogP) is 4.08. The highest BCUT2D eigenvalue weighted by molar-refractivity contribution is 5.98. The van der Waals surface area contributed by atoms with Gasteiger partial charge in [-0.15, -0.1) is 0 Å². The molecule has 3 atom stereocenters. The molecule has 4 rings (SSSR count). The molecule has 44 heavy (non-hydrogen) atoms. The van der Waals surface area contributed by atoms with Gasteiger partial charge >= 0.3 is 0 Å². The molecule has 0 spiro atoms. The van der Waals surface area contributed by atoms with Gasteiger partial charge in [0.15, 0.2) is 0 Å². The summed E-state index contributed by atoms with van der Waals surface area (Å²) >= 11 is 0. The van der Waals surface area contributed by atoms with Crippen LogP contribution in [0.2, 0.25) is 0 Å². The molecule has 226 valence electrons. The highest BCUT2D eigenvalue weighted by Crippen LogP contribution is 2.08. The van der Waals surface area contributed by atoms with Gasteiger partial charge in [0.2, 0.25) is 11.8 Å². The summed E-state index contributed by atoms with van der Waals surface area (Å²) in [6.07, 6.45) is 1.11. The quantitative estimate of drug-likeness (QED) is 0.177. The molecule has 0 aliphatic heterocycles. The van der Waals surface area contributed by atoms with E-state index in [0.29, 0.717) is 30.4 Å². The normalized spacial score (nSPS) is 12.7. The molecule has 0 bridgehead atoms. The largest absolute Gasteiger partial charge is 0.354 e. The summed E-state index contributed by atoms with van der Waals surface area (Å²) in [7, 11) is 0. The molecule has 8 nitrogen and oxygen atoms in total. The van der Waals surface area contributed by atoms with Crippen LogP contribution >= 0.6 is 0 Å². The summed E-state index contributed by atoms with van der Waals surface area (Å²) in [4.78, 5) is 52.3. The van der Waals surface area contributed by atoms with Crippen LogP contribution in [0, 0.1) is 0 Å². The van der Waals surface area contributed by atoms with Crippen LogP contribution in [0.25, 0.3) is 0 Å². The van der Waals surface area contributed by atoms with Crippen molar-refractivity contribution in [3.63, 3.8) is 0 Å². The number of rotatable bonds is 14. The maximum absolute atomic E-state index is 13.3. The number of hydrogen-bond donors (Lipinski definition) is 4. The van der Waals surface area contributed by atoms with Gasteiger partial charge in [0, 0.05) is 36.6 Å². The van der Waals surface area contributed by atoms with Gasteiger partial charge in [0.05, 0.1) is 0 Å². The van der Waals surface area contributed by atoms with Crippen LogP contribution in [-0.4, -0.2) is 48.3 Å². The zero-order valence-corrected chi connectivity index (χ0v) is 24.7. The molecule has 0 heterocycles. The minimum atomic E-state index is -0.786. The summed E-state index contributed by atoms with van der Waals surface area (Å²) in [5.41, 5.74) is 2.78. The highest BCUT2D eigenvalue weighted by atomic mass is 16.2. The third kappa shape index (κ3) is 9.94. The van der Waals surface area contributed by atoms with Gasteiger partial charge in [0.25, 0.3) is 11.8 Å². The first-order valence-electron chi connectivity index (χ1n) is 14.8. The van der Waals surface area contributed by atoms with Gasteiger partial charge in [-0.2, -0.15) is 0 Å². The van der Waals surface area contributed by atoms with E-state index < -0.39 is 12.1 Å². The van der Waals surface area contributed by atoms with Crippen molar-refractivity contribution in [3.8, 4) is 0 Å². The Bertz CT molecular complexity index is 1500. The zero-order chi connectivity index (χ0) is 31.1. The highest BCUT2D eigenvalue weighted by Gasteiger charge is 2.24. The lowest BCUT2D eigenvalue weighted by Crippen LogP contribution is -2.51. The average molecular weight is 591 g/mol. The van der Waals surface area contributed by atoms with Crippen molar-refractivity contribution in [3.05, 3.63) is 144 Å². The SMILES string of the molecule is CC(CCNC(=O)C(Cc1ccccc1)NC(=O)c1ccccc1)NC(=O)C(Cc1ccccc1)NC(=O)c1ccccc1. The van der Waals surface area contributed by atoms with Gasteiger partial charge < -0.3 is 21.3 Å². The summed E-state index contributed by atoms with van der Waals surface area (Å²) < 4.78 is 0. The van der Waals surface area contributed by atoms with Crippen molar-refractivity contribution in [1.82, 2.24) is 21.3 Å². The fourth-order valence-corrected chi connectivity index (χ4v) is 4.73. The van der Waals surface area contributed by atoms with E-state index in [2.05, 4.69) is 21.3 Å². The van der Waals surface area contributed by atoms with Crippen LogP contribution in [0.3, 0.4) is 0 Å². The van der Waals surface area contributed by atoms with Crippen molar-refractivity contribution < 1.29 is 19.2 Å². The smallest absolute Gasteiger partial charge is 0.251 e. The lowest BCUT2D eigenvalue weighted by Gasteiger charge is -2.22. The van der Waals surface area contributed by atoms with E-state index in [4.69, 9.17) is 0 Å². The third-order valence-electron chi connectivity index (χ3n) is 7.15. The van der Waals surface area contributed by atoms with Crippen molar-refractivity contribution >= 4 is 23.6 Å². The van der Waals surface area contributed by atoms with Crippen LogP contribution < -0.4 is 21.3 Å². The fraction of sp³-hybridized carbons (Fsp3) is 0.222. The molecule has 0 fully saturated rings. The Morgan fingerprint density at radius 1 is 0.523 bits per heavy atom. The molecule has 0 saturated heterocycles. The molecule has 8 heteroatoms. The lowest BCUT2D eigenvalue weighted by atomic mass is 10.0. The number of hydrogen-bond acceptors (Lipinski definition) is 4. The van der Waals surface area contributed by atoms with Crippen LogP contribution in [0.4, 0.5) is 0 Å². The van der Waals surface area contributed by atoms with E-state index in [-0.39, 0.29) is 36.2 Å². The fourth-order valence-electron chi connectivity index (χ4n) is 4.73. The van der Waals surface area contributed by atoms with Crippen LogP contribution in [0.5, 0.6) is 0 Å². The van der Waals surface area contributed by atoms with Gasteiger partial charge in [-0.3, -0.25) is 19.2 Å². The van der Waals surface area contributed by atoms with Crippen molar-refractivity contribution in [2.24, 2.45) is 0 Å². The first kappa shape index (κ1) is 31.7. The monoisotopic (exact) mass is 590 g/mol. The Balaban J connectivity index is 1.34. The number of benzene rings is 4. The van der Waals surface area contributed by atoms with Crippen molar-refractivity contribution in [1.29, 1.82) is 0 Å². The number of carbonyl (C=O) groups excluding carboxylic acids is 4. The molecular weight excluding hydrogens is 552 g/mol. The molecule has 0 radical (unpaired) electrons. The second-order valence-corrected chi connectivity index (χ2v) is 10.7. The summed E-state index contributed by atoms with van der Waals surface area (Å²) in [6, 6.07) is 34.7. The first-order valence-corrected chi connectivity index (χ1v) is 14.8. The molecule has 4 aromatic rings. The van der Waals surface area contributed by atoms with Crippen molar-refractivity contribution in [2.45, 2.75) is 44.3 Å². The zero-order valence-electron chi connectivity index (χ0n) is 24.7. The second-order valence-electron chi connectivity index (χ2n) is 10.7. The first-order chi connectivity index (χ1) is 21.4. The molecule has 0 aliphatic carbocycles. The molecule has 3 unspecified atom stereocenters. The van der Waals surface area contributed by atoms with Gasteiger partial charge in [-0.25, -0.2) is 0 Å². The van der Waals surface area contributed by atoms with E-state index in [0.717, 1.165) is 11.1 Å². The van der Waals surface area contributed by atoms with E-state index in [1.54, 1.807) is 48.5 Å². The summed E-state index contributed by atoms with van der Waals surface area (Å²) in [6.45, 7) is 2.13. The van der Waals surface area contributed by atoms with Gasteiger partial charge in [-0.05, 0) is 48.7 Å². The molecule has 0 saturated carbocycles. The standard InChI is InChI=1S/C36H38N4O4/c1-26(38-36(44)32(25-28-16-8-3-9-17-28)40-34(42)30-20-12-5-13-21-30)22-23-37-35(43)31(24-27-14-6-2-7-15-27)39-33(41)29-18-10-4-11-19-29/h2-21,26,31-32H,22-25H2,1H3,(H,37,43)(H,38,44)(H,39,41)(H,40,42). The third-order valence-corrected chi connectivity index (χ3v) is 7.15. The van der Waals surface area contributed by atoms with E-state index in [9.17, 15) is 19.2 Å². The predicted molar refractivity (Wildman–Crippen MR) is 171 cm³/mol. The van der Waals surface area contributed by atoms with E-state index in [1.807, 2.05) is 79.7 Å².